The molecule has 0 bridgehead atoms. The van der Waals surface area contributed by atoms with Gasteiger partial charge in [-0.05, 0) is 66.1 Å². The van der Waals surface area contributed by atoms with E-state index in [4.69, 9.17) is 4.74 Å². The molecule has 0 spiro atoms. The Morgan fingerprint density at radius 2 is 1.96 bits per heavy atom. The largest absolute Gasteiger partial charge is 0.496 e. The maximum Gasteiger partial charge on any atom is 0.261 e. The molecule has 2 aromatic carbocycles. The van der Waals surface area contributed by atoms with Crippen LogP contribution < -0.4 is 10.1 Å². The Morgan fingerprint density at radius 1 is 1.25 bits per heavy atom. The number of aryl methyl sites for hydroxylation is 2. The zero-order valence-electron chi connectivity index (χ0n) is 17.1. The molecule has 0 saturated heterocycles. The van der Waals surface area contributed by atoms with Crippen molar-refractivity contribution < 1.29 is 9.53 Å². The number of hydrogen-bond donors (Lipinski definition) is 1. The van der Waals surface area contributed by atoms with Gasteiger partial charge in [0.25, 0.3) is 5.91 Å². The van der Waals surface area contributed by atoms with Crippen LogP contribution in [0.4, 0.5) is 0 Å². The summed E-state index contributed by atoms with van der Waals surface area (Å²) in [4.78, 5) is 12.4. The van der Waals surface area contributed by atoms with E-state index in [9.17, 15) is 10.1 Å². The Labute approximate surface area is 167 Å². The van der Waals surface area contributed by atoms with Gasteiger partial charge in [-0.1, -0.05) is 44.2 Å². The smallest absolute Gasteiger partial charge is 0.261 e. The van der Waals surface area contributed by atoms with Crippen LogP contribution in [-0.2, 0) is 11.2 Å². The highest BCUT2D eigenvalue weighted by Crippen LogP contribution is 2.30. The highest BCUT2D eigenvalue weighted by molar-refractivity contribution is 6.01. The number of nitrogens with one attached hydrogen (secondary N) is 1. The number of hydrogen-bond acceptors (Lipinski definition) is 3. The fourth-order valence-corrected chi connectivity index (χ4v) is 3.04. The first-order chi connectivity index (χ1) is 13.5. The van der Waals surface area contributed by atoms with Crippen molar-refractivity contribution in [2.45, 2.75) is 39.5 Å². The summed E-state index contributed by atoms with van der Waals surface area (Å²) < 4.78 is 5.46. The summed E-state index contributed by atoms with van der Waals surface area (Å²) in [6.45, 7) is 6.66. The third-order valence-corrected chi connectivity index (χ3v) is 4.68. The van der Waals surface area contributed by atoms with Crippen molar-refractivity contribution in [2.24, 2.45) is 0 Å². The zero-order valence-corrected chi connectivity index (χ0v) is 17.1. The highest BCUT2D eigenvalue weighted by Gasteiger charge is 2.13. The van der Waals surface area contributed by atoms with Crippen molar-refractivity contribution in [1.82, 2.24) is 5.32 Å². The van der Waals surface area contributed by atoms with E-state index in [1.165, 1.54) is 5.56 Å². The van der Waals surface area contributed by atoms with E-state index in [-0.39, 0.29) is 17.4 Å². The first-order valence-electron chi connectivity index (χ1n) is 9.58. The molecule has 146 valence electrons. The third kappa shape index (κ3) is 5.72. The quantitative estimate of drug-likeness (QED) is 0.410. The lowest BCUT2D eigenvalue weighted by Gasteiger charge is -2.15. The van der Waals surface area contributed by atoms with Crippen LogP contribution >= 0.6 is 0 Å². The fraction of sp³-hybridized carbons (Fsp3) is 0.333. The fourth-order valence-electron chi connectivity index (χ4n) is 3.04. The Kier molecular flexibility index (Phi) is 7.83. The van der Waals surface area contributed by atoms with Crippen molar-refractivity contribution >= 4 is 12.0 Å². The Balaban J connectivity index is 2.07. The molecule has 0 aliphatic heterocycles. The number of rotatable bonds is 8. The van der Waals surface area contributed by atoms with Crippen LogP contribution in [0.3, 0.4) is 0 Å². The second kappa shape index (κ2) is 10.3. The highest BCUT2D eigenvalue weighted by atomic mass is 16.5. The molecule has 28 heavy (non-hydrogen) atoms. The lowest BCUT2D eigenvalue weighted by Crippen LogP contribution is -2.25. The van der Waals surface area contributed by atoms with Gasteiger partial charge in [0.15, 0.2) is 0 Å². The minimum Gasteiger partial charge on any atom is -0.496 e. The number of ether oxygens (including phenoxy) is 1. The van der Waals surface area contributed by atoms with Gasteiger partial charge < -0.3 is 10.1 Å². The molecule has 0 fully saturated rings. The van der Waals surface area contributed by atoms with Gasteiger partial charge in [-0.25, -0.2) is 0 Å². The summed E-state index contributed by atoms with van der Waals surface area (Å²) in [7, 11) is 1.65. The number of carbonyl (C=O) groups excluding carboxylic acids is 1. The van der Waals surface area contributed by atoms with Crippen LogP contribution in [-0.4, -0.2) is 19.6 Å². The average molecular weight is 377 g/mol. The SMILES string of the molecule is COc1cc(C)c(/C=C(/C#N)C(=O)NCCCc2ccccc2)cc1C(C)C. The molecular weight excluding hydrogens is 348 g/mol. The molecule has 2 rings (SSSR count). The molecular formula is C24H28N2O2. The Morgan fingerprint density at radius 3 is 2.57 bits per heavy atom. The second-order valence-electron chi connectivity index (χ2n) is 7.12. The number of amides is 1. The molecule has 1 amide bonds. The summed E-state index contributed by atoms with van der Waals surface area (Å²) in [5.74, 6) is 0.769. The summed E-state index contributed by atoms with van der Waals surface area (Å²) >= 11 is 0. The molecule has 0 radical (unpaired) electrons. The van der Waals surface area contributed by atoms with Gasteiger partial charge in [0.1, 0.15) is 17.4 Å². The summed E-state index contributed by atoms with van der Waals surface area (Å²) in [5, 5.41) is 12.3. The zero-order chi connectivity index (χ0) is 20.5. The first-order valence-corrected chi connectivity index (χ1v) is 9.58. The third-order valence-electron chi connectivity index (χ3n) is 4.68. The van der Waals surface area contributed by atoms with Crippen molar-refractivity contribution in [3.8, 4) is 11.8 Å². The van der Waals surface area contributed by atoms with Crippen LogP contribution in [0.1, 0.15) is 48.4 Å². The molecule has 0 unspecified atom stereocenters. The van der Waals surface area contributed by atoms with Crippen LogP contribution in [0.15, 0.2) is 48.0 Å². The van der Waals surface area contributed by atoms with E-state index in [0.717, 1.165) is 35.3 Å². The molecule has 2 aromatic rings. The predicted molar refractivity (Wildman–Crippen MR) is 113 cm³/mol. The van der Waals surface area contributed by atoms with Crippen molar-refractivity contribution in [1.29, 1.82) is 5.26 Å². The summed E-state index contributed by atoms with van der Waals surface area (Å²) in [6.07, 6.45) is 3.38. The van der Waals surface area contributed by atoms with Gasteiger partial charge in [0.05, 0.1) is 7.11 Å². The van der Waals surface area contributed by atoms with Crippen LogP contribution in [0.25, 0.3) is 6.08 Å². The number of nitriles is 1. The Bertz CT molecular complexity index is 877. The number of benzene rings is 2. The van der Waals surface area contributed by atoms with Gasteiger partial charge in [-0.15, -0.1) is 0 Å². The minimum atomic E-state index is -0.336. The predicted octanol–water partition coefficient (Wildman–Crippen LogP) is 4.78. The Hall–Kier alpha value is -3.06. The number of nitrogens with zero attached hydrogens (tertiary/aromatic N) is 1. The summed E-state index contributed by atoms with van der Waals surface area (Å²) in [5.41, 5.74) is 4.23. The first kappa shape index (κ1) is 21.2. The van der Waals surface area contributed by atoms with Gasteiger partial charge in [-0.2, -0.15) is 5.26 Å². The second-order valence-corrected chi connectivity index (χ2v) is 7.12. The van der Waals surface area contributed by atoms with Crippen molar-refractivity contribution in [2.75, 3.05) is 13.7 Å². The monoisotopic (exact) mass is 376 g/mol. The average Bonchev–Trinajstić information content (AvgIpc) is 2.70. The maximum atomic E-state index is 12.4. The number of carbonyl (C=O) groups is 1. The molecule has 0 aromatic heterocycles. The van der Waals surface area contributed by atoms with Gasteiger partial charge in [0, 0.05) is 6.54 Å². The van der Waals surface area contributed by atoms with E-state index in [1.807, 2.05) is 43.3 Å². The number of methoxy groups -OCH3 is 1. The maximum absolute atomic E-state index is 12.4. The van der Waals surface area contributed by atoms with E-state index in [1.54, 1.807) is 13.2 Å². The lowest BCUT2D eigenvalue weighted by molar-refractivity contribution is -0.117. The standard InChI is InChI=1S/C24H28N2O2/c1-17(2)22-15-20(18(3)13-23(22)28-4)14-21(16-25)24(27)26-12-8-11-19-9-6-5-7-10-19/h5-7,9-10,13-15,17H,8,11-12H2,1-4H3,(H,26,27)/b21-14-. The molecule has 0 heterocycles. The van der Waals surface area contributed by atoms with Gasteiger partial charge in [-0.3, -0.25) is 4.79 Å². The van der Waals surface area contributed by atoms with E-state index in [0.29, 0.717) is 6.54 Å². The van der Waals surface area contributed by atoms with Crippen molar-refractivity contribution in [3.63, 3.8) is 0 Å². The van der Waals surface area contributed by atoms with Gasteiger partial charge in [0.2, 0.25) is 0 Å². The van der Waals surface area contributed by atoms with Crippen LogP contribution in [0, 0.1) is 18.3 Å². The molecule has 0 aliphatic rings. The van der Waals surface area contributed by atoms with E-state index < -0.39 is 0 Å². The molecule has 0 atom stereocenters. The minimum absolute atomic E-state index is 0.114. The van der Waals surface area contributed by atoms with Crippen LogP contribution in [0.2, 0.25) is 0 Å². The van der Waals surface area contributed by atoms with E-state index in [2.05, 4.69) is 31.3 Å². The van der Waals surface area contributed by atoms with E-state index >= 15 is 0 Å². The molecule has 4 nitrogen and oxygen atoms in total. The normalized spacial score (nSPS) is 11.2. The van der Waals surface area contributed by atoms with Crippen LogP contribution in [0.5, 0.6) is 5.75 Å². The topological polar surface area (TPSA) is 62.1 Å². The summed E-state index contributed by atoms with van der Waals surface area (Å²) in [6, 6.07) is 16.1. The van der Waals surface area contributed by atoms with Crippen molar-refractivity contribution in [3.05, 3.63) is 70.3 Å². The molecule has 4 heteroatoms. The lowest BCUT2D eigenvalue weighted by atomic mass is 9.95. The van der Waals surface area contributed by atoms with Gasteiger partial charge >= 0.3 is 0 Å². The molecule has 1 N–H and O–H groups in total. The molecule has 0 saturated carbocycles. The molecule has 0 aliphatic carbocycles.